The zero-order chi connectivity index (χ0) is 22.7. The smallest absolute Gasteiger partial charge is 0.253 e. The van der Waals surface area contributed by atoms with Crippen molar-refractivity contribution in [1.82, 2.24) is 9.88 Å². The third kappa shape index (κ3) is 4.72. The Morgan fingerprint density at radius 2 is 1.75 bits per heavy atom. The first-order valence-electron chi connectivity index (χ1n) is 11.5. The lowest BCUT2D eigenvalue weighted by Crippen LogP contribution is -2.37. The normalized spacial score (nSPS) is 14.5. The standard InChI is InChI=1S/C27H32N2O3/c1-18-9-12-22-15-23(26(30)28-25(22)19(18)2)17-29(27(31)21-7-5-4-6-8-21)16-20-10-13-24(32-3)14-11-20/h9-15,21H,4-8,16-17H2,1-3H3,(H,28,30). The van der Waals surface area contributed by atoms with E-state index in [1.165, 1.54) is 6.42 Å². The summed E-state index contributed by atoms with van der Waals surface area (Å²) < 4.78 is 5.26. The molecule has 0 spiro atoms. The Balaban J connectivity index is 1.65. The Morgan fingerprint density at radius 1 is 1.03 bits per heavy atom. The van der Waals surface area contributed by atoms with E-state index in [0.717, 1.165) is 59.0 Å². The van der Waals surface area contributed by atoms with Crippen LogP contribution in [0.1, 0.15) is 54.4 Å². The van der Waals surface area contributed by atoms with Crippen molar-refractivity contribution in [3.63, 3.8) is 0 Å². The highest BCUT2D eigenvalue weighted by Gasteiger charge is 2.27. The zero-order valence-corrected chi connectivity index (χ0v) is 19.2. The van der Waals surface area contributed by atoms with Gasteiger partial charge in [-0.2, -0.15) is 0 Å². The van der Waals surface area contributed by atoms with E-state index in [4.69, 9.17) is 4.74 Å². The molecule has 1 N–H and O–H groups in total. The number of hydrogen-bond acceptors (Lipinski definition) is 3. The number of amides is 1. The fraction of sp³-hybridized carbons (Fsp3) is 0.407. The summed E-state index contributed by atoms with van der Waals surface area (Å²) in [6, 6.07) is 13.8. The summed E-state index contributed by atoms with van der Waals surface area (Å²) in [4.78, 5) is 31.4. The summed E-state index contributed by atoms with van der Waals surface area (Å²) in [6.45, 7) is 4.85. The Kier molecular flexibility index (Phi) is 6.63. The highest BCUT2D eigenvalue weighted by Crippen LogP contribution is 2.27. The number of hydrogen-bond donors (Lipinski definition) is 1. The van der Waals surface area contributed by atoms with E-state index in [9.17, 15) is 9.59 Å². The van der Waals surface area contributed by atoms with Crippen LogP contribution < -0.4 is 10.3 Å². The van der Waals surface area contributed by atoms with Crippen LogP contribution in [-0.2, 0) is 17.9 Å². The van der Waals surface area contributed by atoms with Crippen molar-refractivity contribution >= 4 is 16.8 Å². The maximum absolute atomic E-state index is 13.5. The van der Waals surface area contributed by atoms with Crippen molar-refractivity contribution in [1.29, 1.82) is 0 Å². The number of H-pyrrole nitrogens is 1. The van der Waals surface area contributed by atoms with Crippen molar-refractivity contribution < 1.29 is 9.53 Å². The molecule has 168 valence electrons. The molecule has 2 aromatic carbocycles. The number of aromatic amines is 1. The van der Waals surface area contributed by atoms with Gasteiger partial charge in [0.25, 0.3) is 5.56 Å². The van der Waals surface area contributed by atoms with Gasteiger partial charge in [-0.15, -0.1) is 0 Å². The molecule has 3 aromatic rings. The molecule has 5 heteroatoms. The van der Waals surface area contributed by atoms with E-state index < -0.39 is 0 Å². The summed E-state index contributed by atoms with van der Waals surface area (Å²) in [5, 5.41) is 0.997. The van der Waals surface area contributed by atoms with Gasteiger partial charge in [0.05, 0.1) is 19.2 Å². The molecule has 0 atom stereocenters. The molecule has 1 saturated carbocycles. The molecule has 5 nitrogen and oxygen atoms in total. The molecule has 0 aliphatic heterocycles. The van der Waals surface area contributed by atoms with Crippen molar-refractivity contribution in [2.24, 2.45) is 5.92 Å². The highest BCUT2D eigenvalue weighted by atomic mass is 16.5. The fourth-order valence-electron chi connectivity index (χ4n) is 4.66. The van der Waals surface area contributed by atoms with Gasteiger partial charge in [-0.1, -0.05) is 43.5 Å². The van der Waals surface area contributed by atoms with Crippen LogP contribution in [0.5, 0.6) is 5.75 Å². The molecule has 1 fully saturated rings. The number of carbonyl (C=O) groups is 1. The van der Waals surface area contributed by atoms with Crippen LogP contribution in [0, 0.1) is 19.8 Å². The molecule has 4 rings (SSSR count). The summed E-state index contributed by atoms with van der Waals surface area (Å²) >= 11 is 0. The fourth-order valence-corrected chi connectivity index (χ4v) is 4.66. The molecule has 0 saturated heterocycles. The number of carbonyl (C=O) groups excluding carboxylic acids is 1. The average molecular weight is 433 g/mol. The van der Waals surface area contributed by atoms with Crippen LogP contribution in [0.25, 0.3) is 10.9 Å². The Labute approximate surface area is 189 Å². The number of nitrogens with zero attached hydrogens (tertiary/aromatic N) is 1. The molecule has 1 amide bonds. The summed E-state index contributed by atoms with van der Waals surface area (Å²) in [6.07, 6.45) is 5.27. The predicted octanol–water partition coefficient (Wildman–Crippen LogP) is 5.26. The minimum Gasteiger partial charge on any atom is -0.497 e. The lowest BCUT2D eigenvalue weighted by molar-refractivity contribution is -0.137. The average Bonchev–Trinajstić information content (AvgIpc) is 2.82. The van der Waals surface area contributed by atoms with Gasteiger partial charge in [0.15, 0.2) is 0 Å². The third-order valence-corrected chi connectivity index (χ3v) is 6.79. The van der Waals surface area contributed by atoms with Crippen LogP contribution in [0.15, 0.2) is 47.3 Å². The number of nitrogens with one attached hydrogen (secondary N) is 1. The molecule has 0 radical (unpaired) electrons. The molecule has 1 aromatic heterocycles. The molecular weight excluding hydrogens is 400 g/mol. The quantitative estimate of drug-likeness (QED) is 0.578. The molecule has 32 heavy (non-hydrogen) atoms. The summed E-state index contributed by atoms with van der Waals surface area (Å²) in [5.74, 6) is 0.988. The Morgan fingerprint density at radius 3 is 2.44 bits per heavy atom. The first-order chi connectivity index (χ1) is 15.5. The van der Waals surface area contributed by atoms with Crippen LogP contribution in [0.2, 0.25) is 0 Å². The monoisotopic (exact) mass is 432 g/mol. The first-order valence-corrected chi connectivity index (χ1v) is 11.5. The number of benzene rings is 2. The molecular formula is C27H32N2O3. The second kappa shape index (κ2) is 9.60. The number of ether oxygens (including phenoxy) is 1. The summed E-state index contributed by atoms with van der Waals surface area (Å²) in [5.41, 5.74) is 4.63. The Bertz CT molecular complexity index is 1160. The zero-order valence-electron chi connectivity index (χ0n) is 19.2. The molecule has 1 aliphatic rings. The van der Waals surface area contributed by atoms with E-state index in [0.29, 0.717) is 18.7 Å². The third-order valence-electron chi connectivity index (χ3n) is 6.79. The molecule has 1 heterocycles. The number of rotatable bonds is 6. The van der Waals surface area contributed by atoms with Crippen molar-refractivity contribution in [3.05, 3.63) is 75.1 Å². The lowest BCUT2D eigenvalue weighted by atomic mass is 9.88. The second-order valence-corrected chi connectivity index (χ2v) is 8.97. The van der Waals surface area contributed by atoms with Crippen LogP contribution in [0.3, 0.4) is 0 Å². The van der Waals surface area contributed by atoms with Crippen LogP contribution in [-0.4, -0.2) is 22.9 Å². The number of methoxy groups -OCH3 is 1. The predicted molar refractivity (Wildman–Crippen MR) is 128 cm³/mol. The minimum absolute atomic E-state index is 0.0476. The molecule has 0 unspecified atom stereocenters. The van der Waals surface area contributed by atoms with Gasteiger partial charge in [0.2, 0.25) is 5.91 Å². The van der Waals surface area contributed by atoms with E-state index >= 15 is 0 Å². The van der Waals surface area contributed by atoms with Crippen LogP contribution in [0.4, 0.5) is 0 Å². The SMILES string of the molecule is COc1ccc(CN(Cc2cc3ccc(C)c(C)c3[nH]c2=O)C(=O)C2CCCCC2)cc1. The topological polar surface area (TPSA) is 62.4 Å². The summed E-state index contributed by atoms with van der Waals surface area (Å²) in [7, 11) is 1.64. The van der Waals surface area contributed by atoms with Crippen molar-refractivity contribution in [3.8, 4) is 5.75 Å². The minimum atomic E-state index is -0.123. The number of aromatic nitrogens is 1. The van der Waals surface area contributed by atoms with E-state index in [1.54, 1.807) is 7.11 Å². The highest BCUT2D eigenvalue weighted by molar-refractivity contribution is 5.83. The van der Waals surface area contributed by atoms with Crippen LogP contribution >= 0.6 is 0 Å². The first kappa shape index (κ1) is 22.1. The molecule has 1 aliphatic carbocycles. The number of pyridine rings is 1. The number of fused-ring (bicyclic) bond motifs is 1. The lowest BCUT2D eigenvalue weighted by Gasteiger charge is -2.29. The van der Waals surface area contributed by atoms with E-state index in [1.807, 2.05) is 55.1 Å². The van der Waals surface area contributed by atoms with Gasteiger partial charge in [-0.3, -0.25) is 9.59 Å². The van der Waals surface area contributed by atoms with Gasteiger partial charge >= 0.3 is 0 Å². The van der Waals surface area contributed by atoms with Crippen molar-refractivity contribution in [2.45, 2.75) is 59.0 Å². The maximum Gasteiger partial charge on any atom is 0.253 e. The molecule has 0 bridgehead atoms. The second-order valence-electron chi connectivity index (χ2n) is 8.97. The van der Waals surface area contributed by atoms with Gasteiger partial charge in [0.1, 0.15) is 5.75 Å². The van der Waals surface area contributed by atoms with Gasteiger partial charge in [-0.25, -0.2) is 0 Å². The van der Waals surface area contributed by atoms with E-state index in [-0.39, 0.29) is 17.4 Å². The Hall–Kier alpha value is -3.08. The van der Waals surface area contributed by atoms with E-state index in [2.05, 4.69) is 11.1 Å². The maximum atomic E-state index is 13.5. The number of aryl methyl sites for hydroxylation is 2. The van der Waals surface area contributed by atoms with Gasteiger partial charge in [0, 0.05) is 18.0 Å². The largest absolute Gasteiger partial charge is 0.497 e. The van der Waals surface area contributed by atoms with Gasteiger partial charge < -0.3 is 14.6 Å². The van der Waals surface area contributed by atoms with Gasteiger partial charge in [-0.05, 0) is 67.0 Å². The van der Waals surface area contributed by atoms with Crippen molar-refractivity contribution in [2.75, 3.05) is 7.11 Å².